The van der Waals surface area contributed by atoms with Gasteiger partial charge >= 0.3 is 0 Å². The zero-order valence-electron chi connectivity index (χ0n) is 15.1. The largest absolute Gasteiger partial charge is 0.354 e. The molecule has 148 valence electrons. The average molecular weight is 408 g/mol. The smallest absolute Gasteiger partial charge is 0.243 e. The fourth-order valence-corrected chi connectivity index (χ4v) is 4.47. The van der Waals surface area contributed by atoms with E-state index in [-0.39, 0.29) is 41.7 Å². The van der Waals surface area contributed by atoms with Gasteiger partial charge in [-0.15, -0.1) is 12.4 Å². The van der Waals surface area contributed by atoms with E-state index in [2.05, 4.69) is 10.6 Å². The highest BCUT2D eigenvalue weighted by molar-refractivity contribution is 7.89. The van der Waals surface area contributed by atoms with Crippen LogP contribution in [-0.2, 0) is 14.8 Å². The lowest BCUT2D eigenvalue weighted by Gasteiger charge is -2.31. The maximum Gasteiger partial charge on any atom is 0.243 e. The summed E-state index contributed by atoms with van der Waals surface area (Å²) >= 11 is 0. The molecule has 2 atom stereocenters. The van der Waals surface area contributed by atoms with E-state index in [1.54, 1.807) is 0 Å². The lowest BCUT2D eigenvalue weighted by Crippen LogP contribution is -2.47. The minimum atomic E-state index is -3.71. The molecule has 1 amide bonds. The van der Waals surface area contributed by atoms with Gasteiger partial charge in [-0.3, -0.25) is 4.79 Å². The lowest BCUT2D eigenvalue weighted by atomic mass is 9.99. The van der Waals surface area contributed by atoms with E-state index in [4.69, 9.17) is 0 Å². The van der Waals surface area contributed by atoms with Gasteiger partial charge in [-0.1, -0.05) is 6.92 Å². The third kappa shape index (κ3) is 5.90. The molecule has 0 radical (unpaired) electrons. The highest BCUT2D eigenvalue weighted by atomic mass is 35.5. The van der Waals surface area contributed by atoms with Crippen LogP contribution in [-0.4, -0.2) is 50.9 Å². The minimum Gasteiger partial charge on any atom is -0.354 e. The standard InChI is InChI=1S/C17H26FN3O3S.ClH/c1-3-19-13(2)11-20-17(22)14-5-4-10-21(12-14)25(23,24)16-8-6-15(18)7-9-16;/h6-9,13-14,19H,3-5,10-12H2,1-2H3,(H,20,22);1H/t13-,14?;/m1./s1. The van der Waals surface area contributed by atoms with Crippen LogP contribution >= 0.6 is 12.4 Å². The fraction of sp³-hybridized carbons (Fsp3) is 0.588. The summed E-state index contributed by atoms with van der Waals surface area (Å²) in [6.45, 7) is 5.84. The van der Waals surface area contributed by atoms with Gasteiger partial charge in [0.1, 0.15) is 5.82 Å². The number of hydrogen-bond acceptors (Lipinski definition) is 4. The number of carbonyl (C=O) groups excluding carboxylic acids is 1. The Balaban J connectivity index is 0.00000338. The van der Waals surface area contributed by atoms with Crippen LogP contribution in [0.1, 0.15) is 26.7 Å². The molecule has 1 saturated heterocycles. The summed E-state index contributed by atoms with van der Waals surface area (Å²) in [6, 6.07) is 4.93. The number of nitrogens with zero attached hydrogens (tertiary/aromatic N) is 1. The molecule has 1 aromatic carbocycles. The van der Waals surface area contributed by atoms with Gasteiger partial charge in [-0.25, -0.2) is 12.8 Å². The van der Waals surface area contributed by atoms with Gasteiger partial charge in [0.15, 0.2) is 0 Å². The van der Waals surface area contributed by atoms with Gasteiger partial charge in [-0.05, 0) is 50.6 Å². The van der Waals surface area contributed by atoms with Gasteiger partial charge in [0, 0.05) is 25.7 Å². The third-order valence-electron chi connectivity index (χ3n) is 4.34. The van der Waals surface area contributed by atoms with Crippen molar-refractivity contribution >= 4 is 28.3 Å². The van der Waals surface area contributed by atoms with Crippen LogP contribution in [0.4, 0.5) is 4.39 Å². The number of amides is 1. The second-order valence-corrected chi connectivity index (χ2v) is 8.30. The van der Waals surface area contributed by atoms with E-state index in [9.17, 15) is 17.6 Å². The van der Waals surface area contributed by atoms with Gasteiger partial charge < -0.3 is 10.6 Å². The number of rotatable bonds is 7. The van der Waals surface area contributed by atoms with Crippen LogP contribution < -0.4 is 10.6 Å². The lowest BCUT2D eigenvalue weighted by molar-refractivity contribution is -0.126. The SMILES string of the molecule is CCN[C@H](C)CNC(=O)C1CCCN(S(=O)(=O)c2ccc(F)cc2)C1.Cl. The molecule has 0 saturated carbocycles. The molecule has 1 aliphatic rings. The van der Waals surface area contributed by atoms with E-state index in [0.29, 0.717) is 25.9 Å². The number of nitrogens with one attached hydrogen (secondary N) is 2. The van der Waals surface area contributed by atoms with Crippen molar-refractivity contribution in [1.82, 2.24) is 14.9 Å². The first-order chi connectivity index (χ1) is 11.8. The third-order valence-corrected chi connectivity index (χ3v) is 6.22. The molecule has 6 nitrogen and oxygen atoms in total. The van der Waals surface area contributed by atoms with E-state index < -0.39 is 15.8 Å². The average Bonchev–Trinajstić information content (AvgIpc) is 2.60. The molecule has 2 rings (SSSR count). The van der Waals surface area contributed by atoms with Crippen molar-refractivity contribution in [3.05, 3.63) is 30.1 Å². The predicted molar refractivity (Wildman–Crippen MR) is 101 cm³/mol. The van der Waals surface area contributed by atoms with Crippen molar-refractivity contribution in [3.8, 4) is 0 Å². The van der Waals surface area contributed by atoms with Crippen molar-refractivity contribution in [1.29, 1.82) is 0 Å². The van der Waals surface area contributed by atoms with Gasteiger partial charge in [0.05, 0.1) is 10.8 Å². The van der Waals surface area contributed by atoms with Crippen LogP contribution in [0.2, 0.25) is 0 Å². The molecule has 0 spiro atoms. The molecule has 1 heterocycles. The van der Waals surface area contributed by atoms with Gasteiger partial charge in [-0.2, -0.15) is 4.31 Å². The Kier molecular flexibility index (Phi) is 8.95. The topological polar surface area (TPSA) is 78.5 Å². The first-order valence-electron chi connectivity index (χ1n) is 8.61. The summed E-state index contributed by atoms with van der Waals surface area (Å²) in [7, 11) is -3.71. The zero-order valence-corrected chi connectivity index (χ0v) is 16.7. The number of halogens is 2. The molecule has 1 aromatic rings. The molecular formula is C17H27ClFN3O3S. The van der Waals surface area contributed by atoms with E-state index >= 15 is 0 Å². The summed E-state index contributed by atoms with van der Waals surface area (Å²) in [5, 5.41) is 6.09. The van der Waals surface area contributed by atoms with E-state index in [0.717, 1.165) is 18.7 Å². The number of piperidine rings is 1. The van der Waals surface area contributed by atoms with Crippen molar-refractivity contribution in [2.45, 2.75) is 37.6 Å². The van der Waals surface area contributed by atoms with Crippen LogP contribution in [0.3, 0.4) is 0 Å². The van der Waals surface area contributed by atoms with Gasteiger partial charge in [0.25, 0.3) is 0 Å². The molecule has 1 unspecified atom stereocenters. The quantitative estimate of drug-likeness (QED) is 0.722. The van der Waals surface area contributed by atoms with Crippen LogP contribution in [0.15, 0.2) is 29.2 Å². The van der Waals surface area contributed by atoms with Crippen LogP contribution in [0, 0.1) is 11.7 Å². The Hall–Kier alpha value is -1.22. The highest BCUT2D eigenvalue weighted by Gasteiger charge is 2.33. The molecule has 9 heteroatoms. The van der Waals surface area contributed by atoms with E-state index in [1.165, 1.54) is 16.4 Å². The molecular weight excluding hydrogens is 381 g/mol. The Labute approximate surface area is 161 Å². The summed E-state index contributed by atoms with van der Waals surface area (Å²) in [6.07, 6.45) is 1.29. The summed E-state index contributed by atoms with van der Waals surface area (Å²) in [5.41, 5.74) is 0. The van der Waals surface area contributed by atoms with Gasteiger partial charge in [0.2, 0.25) is 15.9 Å². The zero-order chi connectivity index (χ0) is 18.4. The normalized spacial score (nSPS) is 19.4. The second-order valence-electron chi connectivity index (χ2n) is 6.36. The Morgan fingerprint density at radius 2 is 2.00 bits per heavy atom. The molecule has 0 bridgehead atoms. The van der Waals surface area contributed by atoms with Crippen molar-refractivity contribution in [3.63, 3.8) is 0 Å². The first kappa shape index (κ1) is 22.8. The number of likely N-dealkylation sites (N-methyl/N-ethyl adjacent to an activating group) is 1. The Morgan fingerprint density at radius 3 is 2.62 bits per heavy atom. The van der Waals surface area contributed by atoms with Crippen molar-refractivity contribution < 1.29 is 17.6 Å². The summed E-state index contributed by atoms with van der Waals surface area (Å²) in [4.78, 5) is 12.4. The van der Waals surface area contributed by atoms with Crippen molar-refractivity contribution in [2.24, 2.45) is 5.92 Å². The van der Waals surface area contributed by atoms with E-state index in [1.807, 2.05) is 13.8 Å². The Morgan fingerprint density at radius 1 is 1.35 bits per heavy atom. The van der Waals surface area contributed by atoms with Crippen molar-refractivity contribution in [2.75, 3.05) is 26.2 Å². The second kappa shape index (κ2) is 10.2. The maximum atomic E-state index is 13.0. The Bertz CT molecular complexity index is 685. The molecule has 1 aliphatic heterocycles. The van der Waals surface area contributed by atoms with Crippen LogP contribution in [0.25, 0.3) is 0 Å². The summed E-state index contributed by atoms with van der Waals surface area (Å²) in [5.74, 6) is -0.966. The number of benzene rings is 1. The fourth-order valence-electron chi connectivity index (χ4n) is 2.95. The molecule has 2 N–H and O–H groups in total. The minimum absolute atomic E-state index is 0. The molecule has 1 fully saturated rings. The monoisotopic (exact) mass is 407 g/mol. The molecule has 0 aromatic heterocycles. The van der Waals surface area contributed by atoms with Crippen LogP contribution in [0.5, 0.6) is 0 Å². The molecule has 0 aliphatic carbocycles. The first-order valence-corrected chi connectivity index (χ1v) is 10.1. The molecule has 26 heavy (non-hydrogen) atoms. The number of hydrogen-bond donors (Lipinski definition) is 2. The summed E-state index contributed by atoms with van der Waals surface area (Å²) < 4.78 is 39.7. The number of carbonyl (C=O) groups is 1. The predicted octanol–water partition coefficient (Wildman–Crippen LogP) is 1.76. The number of sulfonamides is 1. The maximum absolute atomic E-state index is 13.0. The highest BCUT2D eigenvalue weighted by Crippen LogP contribution is 2.24.